The summed E-state index contributed by atoms with van der Waals surface area (Å²) in [5, 5.41) is 13.4. The number of carbonyl (C=O) groups excluding carboxylic acids is 1. The molecule has 0 saturated carbocycles. The van der Waals surface area contributed by atoms with Gasteiger partial charge in [0.1, 0.15) is 29.3 Å². The molecular weight excluding hydrogens is 639 g/mol. The van der Waals surface area contributed by atoms with Gasteiger partial charge in [-0.2, -0.15) is 13.2 Å². The van der Waals surface area contributed by atoms with Crippen LogP contribution >= 0.6 is 0 Å². The fraction of sp³-hybridized carbons (Fsp3) is 0.303. The predicted octanol–water partition coefficient (Wildman–Crippen LogP) is 2.84. The largest absolute Gasteiger partial charge is 0.497 e. The van der Waals surface area contributed by atoms with E-state index in [9.17, 15) is 32.7 Å². The molecule has 12 nitrogen and oxygen atoms in total. The Morgan fingerprint density at radius 2 is 1.44 bits per heavy atom. The Hall–Kier alpha value is -4.96. The lowest BCUT2D eigenvalue weighted by atomic mass is 9.80. The van der Waals surface area contributed by atoms with E-state index in [-0.39, 0.29) is 0 Å². The number of amides is 1. The first kappa shape index (κ1) is 34.4. The summed E-state index contributed by atoms with van der Waals surface area (Å²) in [6.07, 6.45) is -9.58. The lowest BCUT2D eigenvalue weighted by Gasteiger charge is -2.40. The molecular formula is C33H32F3N3O9. The van der Waals surface area contributed by atoms with Gasteiger partial charge in [-0.1, -0.05) is 54.6 Å². The van der Waals surface area contributed by atoms with Crippen molar-refractivity contribution in [3.63, 3.8) is 0 Å². The zero-order valence-corrected chi connectivity index (χ0v) is 25.9. The third-order valence-electron chi connectivity index (χ3n) is 8.06. The first-order valence-electron chi connectivity index (χ1n) is 14.5. The maximum Gasteiger partial charge on any atom is 0.471 e. The van der Waals surface area contributed by atoms with Gasteiger partial charge in [0.15, 0.2) is 12.0 Å². The lowest BCUT2D eigenvalue weighted by Crippen LogP contribution is -2.63. The number of hydrogen-bond donors (Lipinski definition) is 3. The van der Waals surface area contributed by atoms with E-state index in [0.717, 1.165) is 23.9 Å². The summed E-state index contributed by atoms with van der Waals surface area (Å²) in [5.41, 5.74) is -4.55. The van der Waals surface area contributed by atoms with Crippen molar-refractivity contribution in [1.29, 1.82) is 0 Å². The van der Waals surface area contributed by atoms with Crippen molar-refractivity contribution in [2.45, 2.75) is 35.9 Å². The Bertz CT molecular complexity index is 1780. The monoisotopic (exact) mass is 671 g/mol. The van der Waals surface area contributed by atoms with Gasteiger partial charge in [0, 0.05) is 19.4 Å². The third-order valence-corrected chi connectivity index (χ3v) is 8.06. The molecule has 1 amide bonds. The molecule has 0 radical (unpaired) electrons. The molecule has 3 aromatic carbocycles. The molecule has 5 rings (SSSR count). The van der Waals surface area contributed by atoms with Gasteiger partial charge in [0.25, 0.3) is 5.56 Å². The van der Waals surface area contributed by atoms with Crippen LogP contribution in [0.5, 0.6) is 11.5 Å². The number of ether oxygens (including phenoxy) is 5. The maximum atomic E-state index is 13.8. The summed E-state index contributed by atoms with van der Waals surface area (Å²) in [7, 11) is 4.11. The Labute approximate surface area is 271 Å². The molecule has 0 spiro atoms. The van der Waals surface area contributed by atoms with E-state index in [1.165, 1.54) is 14.2 Å². The molecule has 15 heteroatoms. The number of hydrogen-bond acceptors (Lipinski definition) is 9. The van der Waals surface area contributed by atoms with Gasteiger partial charge in [0.05, 0.1) is 20.8 Å². The molecule has 1 fully saturated rings. The van der Waals surface area contributed by atoms with Gasteiger partial charge in [-0.15, -0.1) is 0 Å². The van der Waals surface area contributed by atoms with Crippen molar-refractivity contribution < 1.29 is 46.8 Å². The van der Waals surface area contributed by atoms with E-state index in [1.54, 1.807) is 84.2 Å². The Morgan fingerprint density at radius 1 is 0.896 bits per heavy atom. The van der Waals surface area contributed by atoms with Crippen LogP contribution < -0.4 is 26.0 Å². The van der Waals surface area contributed by atoms with E-state index in [0.29, 0.717) is 28.2 Å². The molecule has 4 atom stereocenters. The van der Waals surface area contributed by atoms with E-state index >= 15 is 0 Å². The summed E-state index contributed by atoms with van der Waals surface area (Å²) in [6, 6.07) is 23.2. The molecule has 3 N–H and O–H groups in total. The van der Waals surface area contributed by atoms with E-state index in [4.69, 9.17) is 23.7 Å². The van der Waals surface area contributed by atoms with Gasteiger partial charge < -0.3 is 34.1 Å². The number of rotatable bonds is 11. The molecule has 1 aliphatic rings. The molecule has 0 bridgehead atoms. The van der Waals surface area contributed by atoms with Crippen LogP contribution in [0.2, 0.25) is 0 Å². The molecule has 254 valence electrons. The number of aromatic amines is 1. The minimum Gasteiger partial charge on any atom is -0.497 e. The van der Waals surface area contributed by atoms with Gasteiger partial charge in [0.2, 0.25) is 0 Å². The van der Waals surface area contributed by atoms with Crippen molar-refractivity contribution in [3.8, 4) is 11.5 Å². The molecule has 1 saturated heterocycles. The summed E-state index contributed by atoms with van der Waals surface area (Å²) in [4.78, 5) is 39.0. The number of benzene rings is 3. The van der Waals surface area contributed by atoms with Crippen LogP contribution in [-0.4, -0.2) is 72.6 Å². The van der Waals surface area contributed by atoms with E-state index in [2.05, 4.69) is 0 Å². The summed E-state index contributed by atoms with van der Waals surface area (Å²) < 4.78 is 70.9. The topological polar surface area (TPSA) is 150 Å². The SMILES string of the molecule is COc1ccc(C(OC[C@@]2(NC(=O)C(F)(F)F)O[C@@H](n3ccc(=O)[nH]c3=O)[C@H](OC)[C@@H]2O)(c2ccccc2)c2ccc(OC)cc2)cc1. The third kappa shape index (κ3) is 6.44. The van der Waals surface area contributed by atoms with E-state index < -0.39 is 59.7 Å². The molecule has 0 unspecified atom stereocenters. The molecule has 48 heavy (non-hydrogen) atoms. The average molecular weight is 672 g/mol. The molecule has 1 aromatic heterocycles. The number of nitrogens with one attached hydrogen (secondary N) is 2. The minimum absolute atomic E-state index is 0.487. The lowest BCUT2D eigenvalue weighted by molar-refractivity contribution is -0.204. The van der Waals surface area contributed by atoms with Crippen molar-refractivity contribution in [2.75, 3.05) is 27.9 Å². The standard InChI is InChI=1S/C33H32F3N3O9/c1-44-23-13-9-21(10-14-23)32(20-7-5-4-6-8-20,22-11-15-24(45-2)16-12-22)47-19-31(38-29(42)33(34,35)36)27(41)26(46-3)28(48-31)39-18-17-25(40)37-30(39)43/h4-18,26-28,41H,19H2,1-3H3,(H,38,42)(H,37,40,43)/t26-,27+,28-,31-/m1/s1. The maximum absolute atomic E-state index is 13.8. The minimum atomic E-state index is -5.41. The van der Waals surface area contributed by atoms with Crippen molar-refractivity contribution in [3.05, 3.63) is 129 Å². The zero-order valence-electron chi connectivity index (χ0n) is 25.9. The van der Waals surface area contributed by atoms with Crippen LogP contribution in [0.3, 0.4) is 0 Å². The molecule has 0 aliphatic carbocycles. The number of methoxy groups -OCH3 is 3. The summed E-state index contributed by atoms with van der Waals surface area (Å²) in [6.45, 7) is -0.919. The zero-order chi connectivity index (χ0) is 34.7. The van der Waals surface area contributed by atoms with Gasteiger partial charge in [-0.25, -0.2) is 4.79 Å². The highest BCUT2D eigenvalue weighted by Gasteiger charge is 2.60. The number of H-pyrrole nitrogens is 1. The molecule has 2 heterocycles. The smallest absolute Gasteiger partial charge is 0.471 e. The second kappa shape index (κ2) is 13.6. The first-order chi connectivity index (χ1) is 22.9. The normalized spacial score (nSPS) is 21.1. The second-order valence-electron chi connectivity index (χ2n) is 10.8. The van der Waals surface area contributed by atoms with Crippen molar-refractivity contribution in [2.24, 2.45) is 0 Å². The number of alkyl halides is 3. The predicted molar refractivity (Wildman–Crippen MR) is 163 cm³/mol. The Balaban J connectivity index is 1.70. The fourth-order valence-corrected chi connectivity index (χ4v) is 5.67. The summed E-state index contributed by atoms with van der Waals surface area (Å²) >= 11 is 0. The van der Waals surface area contributed by atoms with Gasteiger partial charge in [-0.05, 0) is 41.0 Å². The van der Waals surface area contributed by atoms with Crippen LogP contribution in [0.15, 0.2) is 101 Å². The summed E-state index contributed by atoms with van der Waals surface area (Å²) in [5.74, 6) is -1.43. The van der Waals surface area contributed by atoms with Crippen LogP contribution in [0, 0.1) is 0 Å². The average Bonchev–Trinajstić information content (AvgIpc) is 3.35. The highest BCUT2D eigenvalue weighted by Crippen LogP contribution is 2.45. The quantitative estimate of drug-likeness (QED) is 0.205. The van der Waals surface area contributed by atoms with Crippen molar-refractivity contribution in [1.82, 2.24) is 14.9 Å². The molecule has 1 aliphatic heterocycles. The van der Waals surface area contributed by atoms with Crippen LogP contribution in [-0.2, 0) is 24.6 Å². The first-order valence-corrected chi connectivity index (χ1v) is 14.5. The number of nitrogens with zero attached hydrogens (tertiary/aromatic N) is 1. The van der Waals surface area contributed by atoms with Crippen LogP contribution in [0.1, 0.15) is 22.9 Å². The second-order valence-corrected chi connectivity index (χ2v) is 10.8. The highest BCUT2D eigenvalue weighted by atomic mass is 19.4. The fourth-order valence-electron chi connectivity index (χ4n) is 5.67. The van der Waals surface area contributed by atoms with Crippen LogP contribution in [0.4, 0.5) is 13.2 Å². The van der Waals surface area contributed by atoms with E-state index in [1.807, 2.05) is 4.98 Å². The highest BCUT2D eigenvalue weighted by molar-refractivity contribution is 5.82. The van der Waals surface area contributed by atoms with Crippen LogP contribution in [0.25, 0.3) is 0 Å². The van der Waals surface area contributed by atoms with Gasteiger partial charge in [-0.3, -0.25) is 19.1 Å². The number of aliphatic hydroxyl groups is 1. The number of aromatic nitrogens is 2. The number of aliphatic hydroxyl groups excluding tert-OH is 1. The Kier molecular flexibility index (Phi) is 9.77. The Morgan fingerprint density at radius 3 is 1.92 bits per heavy atom. The van der Waals surface area contributed by atoms with Gasteiger partial charge >= 0.3 is 17.8 Å². The number of carbonyl (C=O) groups is 1. The van der Waals surface area contributed by atoms with Crippen molar-refractivity contribution >= 4 is 5.91 Å². The number of halogens is 3. The molecule has 4 aromatic rings.